The highest BCUT2D eigenvalue weighted by Gasteiger charge is 2.38. The summed E-state index contributed by atoms with van der Waals surface area (Å²) in [7, 11) is 0. The van der Waals surface area contributed by atoms with Crippen LogP contribution in [0.4, 0.5) is 17.6 Å². The summed E-state index contributed by atoms with van der Waals surface area (Å²) in [6, 6.07) is 1.87. The Balaban J connectivity index is 2.25. The molecule has 1 fully saturated rings. The smallest absolute Gasteiger partial charge is 0.347 e. The van der Waals surface area contributed by atoms with Crippen molar-refractivity contribution in [2.24, 2.45) is 0 Å². The maximum absolute atomic E-state index is 13.6. The van der Waals surface area contributed by atoms with E-state index in [1.807, 2.05) is 6.92 Å². The Morgan fingerprint density at radius 3 is 2.45 bits per heavy atom. The van der Waals surface area contributed by atoms with Gasteiger partial charge in [0, 0.05) is 5.54 Å². The lowest BCUT2D eigenvalue weighted by Crippen LogP contribution is -2.53. The van der Waals surface area contributed by atoms with Crippen molar-refractivity contribution >= 4 is 5.91 Å². The highest BCUT2D eigenvalue weighted by atomic mass is 19.4. The van der Waals surface area contributed by atoms with Crippen LogP contribution in [0, 0.1) is 5.82 Å². The Morgan fingerprint density at radius 2 is 2.00 bits per heavy atom. The van der Waals surface area contributed by atoms with Crippen molar-refractivity contribution in [1.82, 2.24) is 5.32 Å². The number of hydrogen-bond donors (Lipinski definition) is 1. The molecular weight excluding hydrogens is 274 g/mol. The zero-order valence-corrected chi connectivity index (χ0v) is 11.0. The molecule has 1 N–H and O–H groups in total. The molecule has 0 aliphatic heterocycles. The number of nitrogens with one attached hydrogen (secondary N) is 1. The van der Waals surface area contributed by atoms with Crippen LogP contribution >= 0.6 is 0 Å². The molecule has 20 heavy (non-hydrogen) atoms. The van der Waals surface area contributed by atoms with Gasteiger partial charge in [0.25, 0.3) is 5.91 Å². The first-order chi connectivity index (χ1) is 9.27. The highest BCUT2D eigenvalue weighted by molar-refractivity contribution is 5.95. The Bertz CT molecular complexity index is 515. The third-order valence-electron chi connectivity index (χ3n) is 3.90. The van der Waals surface area contributed by atoms with Crippen LogP contribution in [0.1, 0.15) is 48.5 Å². The van der Waals surface area contributed by atoms with Crippen LogP contribution in [0.2, 0.25) is 0 Å². The maximum atomic E-state index is 13.6. The van der Waals surface area contributed by atoms with Crippen molar-refractivity contribution in [3.8, 4) is 0 Å². The van der Waals surface area contributed by atoms with Crippen LogP contribution < -0.4 is 5.32 Å². The second-order valence-corrected chi connectivity index (χ2v) is 5.13. The third kappa shape index (κ3) is 2.78. The Hall–Kier alpha value is -1.59. The summed E-state index contributed by atoms with van der Waals surface area (Å²) in [5.41, 5.74) is -1.97. The average Bonchev–Trinajstić information content (AvgIpc) is 2.32. The van der Waals surface area contributed by atoms with Crippen molar-refractivity contribution in [3.05, 3.63) is 35.1 Å². The molecule has 1 aromatic rings. The topological polar surface area (TPSA) is 29.1 Å². The number of rotatable bonds is 3. The first-order valence-corrected chi connectivity index (χ1v) is 6.47. The molecule has 110 valence electrons. The molecule has 0 bridgehead atoms. The van der Waals surface area contributed by atoms with Crippen molar-refractivity contribution in [1.29, 1.82) is 0 Å². The van der Waals surface area contributed by atoms with Gasteiger partial charge >= 0.3 is 6.18 Å². The zero-order chi connectivity index (χ0) is 15.0. The number of amides is 1. The molecule has 0 saturated heterocycles. The summed E-state index contributed by atoms with van der Waals surface area (Å²) < 4.78 is 51.4. The molecule has 0 radical (unpaired) electrons. The van der Waals surface area contributed by atoms with Gasteiger partial charge in [-0.25, -0.2) is 4.39 Å². The SMILES string of the molecule is CCC1(NC(=O)c2cc(C(F)(F)F)ccc2F)CCC1. The number of hydrogen-bond acceptors (Lipinski definition) is 1. The Labute approximate surface area is 114 Å². The summed E-state index contributed by atoms with van der Waals surface area (Å²) in [5, 5.41) is 2.67. The van der Waals surface area contributed by atoms with Crippen molar-refractivity contribution in [2.45, 2.75) is 44.3 Å². The fourth-order valence-electron chi connectivity index (χ4n) is 2.35. The fraction of sp³-hybridized carbons (Fsp3) is 0.500. The van der Waals surface area contributed by atoms with Crippen LogP contribution in [0.15, 0.2) is 18.2 Å². The average molecular weight is 289 g/mol. The van der Waals surface area contributed by atoms with Gasteiger partial charge in [-0.15, -0.1) is 0 Å². The highest BCUT2D eigenvalue weighted by Crippen LogP contribution is 2.35. The van der Waals surface area contributed by atoms with Gasteiger partial charge in [0.1, 0.15) is 5.82 Å². The molecule has 1 aliphatic rings. The standard InChI is InChI=1S/C14H15F4NO/c1-2-13(6-3-7-13)19-12(20)10-8-9(14(16,17)18)4-5-11(10)15/h4-5,8H,2-3,6-7H2,1H3,(H,19,20). The number of carbonyl (C=O) groups is 1. The van der Waals surface area contributed by atoms with Crippen molar-refractivity contribution in [2.75, 3.05) is 0 Å². The summed E-state index contributed by atoms with van der Waals surface area (Å²) >= 11 is 0. The number of carbonyl (C=O) groups excluding carboxylic acids is 1. The predicted octanol–water partition coefficient (Wildman–Crippen LogP) is 3.91. The van der Waals surface area contributed by atoms with Gasteiger partial charge in [-0.2, -0.15) is 13.2 Å². The van der Waals surface area contributed by atoms with Gasteiger partial charge < -0.3 is 5.32 Å². The van der Waals surface area contributed by atoms with Gasteiger partial charge in [0.15, 0.2) is 0 Å². The van der Waals surface area contributed by atoms with Crippen LogP contribution in [-0.2, 0) is 6.18 Å². The predicted molar refractivity (Wildman–Crippen MR) is 65.7 cm³/mol. The quantitative estimate of drug-likeness (QED) is 0.840. The molecule has 1 aromatic carbocycles. The molecule has 1 amide bonds. The van der Waals surface area contributed by atoms with E-state index in [0.29, 0.717) is 24.6 Å². The van der Waals surface area contributed by atoms with E-state index in [9.17, 15) is 22.4 Å². The molecule has 0 spiro atoms. The molecule has 0 heterocycles. The van der Waals surface area contributed by atoms with Crippen LogP contribution in [-0.4, -0.2) is 11.4 Å². The van der Waals surface area contributed by atoms with Crippen molar-refractivity contribution in [3.63, 3.8) is 0 Å². The maximum Gasteiger partial charge on any atom is 0.416 e. The minimum atomic E-state index is -4.60. The van der Waals surface area contributed by atoms with E-state index < -0.39 is 34.6 Å². The van der Waals surface area contributed by atoms with E-state index in [-0.39, 0.29) is 0 Å². The first kappa shape index (κ1) is 14.8. The van der Waals surface area contributed by atoms with Gasteiger partial charge in [0.2, 0.25) is 0 Å². The minimum absolute atomic E-state index is 0.391. The largest absolute Gasteiger partial charge is 0.416 e. The monoisotopic (exact) mass is 289 g/mol. The number of alkyl halides is 3. The first-order valence-electron chi connectivity index (χ1n) is 6.47. The van der Waals surface area contributed by atoms with E-state index in [1.54, 1.807) is 0 Å². The normalized spacial score (nSPS) is 17.4. The van der Waals surface area contributed by atoms with Gasteiger partial charge in [-0.1, -0.05) is 6.92 Å². The molecular formula is C14H15F4NO. The van der Waals surface area contributed by atoms with Gasteiger partial charge in [-0.3, -0.25) is 4.79 Å². The summed E-state index contributed by atoms with van der Waals surface area (Å²) in [6.07, 6.45) is -1.41. The minimum Gasteiger partial charge on any atom is -0.347 e. The van der Waals surface area contributed by atoms with Crippen molar-refractivity contribution < 1.29 is 22.4 Å². The third-order valence-corrected chi connectivity index (χ3v) is 3.90. The second kappa shape index (κ2) is 5.07. The van der Waals surface area contributed by atoms with Gasteiger partial charge in [0.05, 0.1) is 11.1 Å². The van der Waals surface area contributed by atoms with Crippen LogP contribution in [0.25, 0.3) is 0 Å². The summed E-state index contributed by atoms with van der Waals surface area (Å²) in [4.78, 5) is 12.0. The van der Waals surface area contributed by atoms with Crippen LogP contribution in [0.3, 0.4) is 0 Å². The number of halogens is 4. The van der Waals surface area contributed by atoms with E-state index in [4.69, 9.17) is 0 Å². The lowest BCUT2D eigenvalue weighted by Gasteiger charge is -2.42. The lowest BCUT2D eigenvalue weighted by atomic mass is 9.74. The Kier molecular flexibility index (Phi) is 3.75. The molecule has 1 saturated carbocycles. The molecule has 0 unspecified atom stereocenters. The molecule has 2 rings (SSSR count). The lowest BCUT2D eigenvalue weighted by molar-refractivity contribution is -0.137. The summed E-state index contributed by atoms with van der Waals surface area (Å²) in [5.74, 6) is -1.73. The molecule has 0 aromatic heterocycles. The van der Waals surface area contributed by atoms with Gasteiger partial charge in [-0.05, 0) is 43.9 Å². The van der Waals surface area contributed by atoms with E-state index in [1.165, 1.54) is 0 Å². The molecule has 1 aliphatic carbocycles. The molecule has 2 nitrogen and oxygen atoms in total. The molecule has 0 atom stereocenters. The number of benzene rings is 1. The summed E-state index contributed by atoms with van der Waals surface area (Å²) in [6.45, 7) is 1.89. The fourth-order valence-corrected chi connectivity index (χ4v) is 2.35. The zero-order valence-electron chi connectivity index (χ0n) is 11.0. The molecule has 6 heteroatoms. The second-order valence-electron chi connectivity index (χ2n) is 5.13. The Morgan fingerprint density at radius 1 is 1.35 bits per heavy atom. The van der Waals surface area contributed by atoms with E-state index in [0.717, 1.165) is 19.3 Å². The van der Waals surface area contributed by atoms with E-state index >= 15 is 0 Å². The van der Waals surface area contributed by atoms with E-state index in [2.05, 4.69) is 5.32 Å². The van der Waals surface area contributed by atoms with Crippen LogP contribution in [0.5, 0.6) is 0 Å².